The summed E-state index contributed by atoms with van der Waals surface area (Å²) < 4.78 is 5.27. The van der Waals surface area contributed by atoms with Crippen LogP contribution < -0.4 is 0 Å². The minimum absolute atomic E-state index is 0.0787. The van der Waals surface area contributed by atoms with Crippen molar-refractivity contribution in [2.24, 2.45) is 0 Å². The van der Waals surface area contributed by atoms with Gasteiger partial charge in [0.25, 0.3) is 0 Å². The van der Waals surface area contributed by atoms with Crippen LogP contribution in [0, 0.1) is 0 Å². The van der Waals surface area contributed by atoms with E-state index in [2.05, 4.69) is 0 Å². The van der Waals surface area contributed by atoms with E-state index in [1.807, 2.05) is 19.6 Å². The van der Waals surface area contributed by atoms with Crippen LogP contribution in [0.4, 0.5) is 0 Å². The Balaban J connectivity index is 2.80. The van der Waals surface area contributed by atoms with Gasteiger partial charge in [-0.15, -0.1) is 0 Å². The summed E-state index contributed by atoms with van der Waals surface area (Å²) in [6, 6.07) is 6.17. The third-order valence-electron chi connectivity index (χ3n) is 1.48. The third kappa shape index (κ3) is 3.22. The smallest absolute Gasteiger partial charge is 0.324 e. The Morgan fingerprint density at radius 1 is 1.36 bits per heavy atom. The predicted octanol–water partition coefficient (Wildman–Crippen LogP) is 2.38. The van der Waals surface area contributed by atoms with Crippen molar-refractivity contribution in [1.29, 1.82) is 0 Å². The highest BCUT2D eigenvalue weighted by Crippen LogP contribution is 2.14. The van der Waals surface area contributed by atoms with Gasteiger partial charge in [-0.2, -0.15) is 0 Å². The maximum Gasteiger partial charge on any atom is 0.324 e. The molecule has 0 aliphatic heterocycles. The molecule has 0 atom stereocenters. The minimum atomic E-state index is -1.85. The van der Waals surface area contributed by atoms with Crippen molar-refractivity contribution in [1.82, 2.24) is 0 Å². The van der Waals surface area contributed by atoms with E-state index >= 15 is 0 Å². The molecule has 1 N–H and O–H groups in total. The summed E-state index contributed by atoms with van der Waals surface area (Å²) in [5, 5.41) is 9.16. The molecule has 0 unspecified atom stereocenters. The number of hydrogen-bond acceptors (Lipinski definition) is 3. The highest BCUT2D eigenvalue weighted by Gasteiger charge is 2.20. The normalized spacial score (nSPS) is 11.1. The molecule has 0 aromatic heterocycles. The number of phenolic OH excluding ortho intramolecular Hbond substituents is 1. The summed E-state index contributed by atoms with van der Waals surface area (Å²) in [7, 11) is -1.85. The fourth-order valence-corrected chi connectivity index (χ4v) is 1.64. The summed E-state index contributed by atoms with van der Waals surface area (Å²) >= 11 is 0. The third-order valence-corrected chi connectivity index (χ3v) is 2.28. The lowest BCUT2D eigenvalue weighted by Crippen LogP contribution is -2.29. The van der Waals surface area contributed by atoms with E-state index < -0.39 is 8.32 Å². The van der Waals surface area contributed by atoms with Crippen LogP contribution in [-0.4, -0.2) is 19.4 Å². The van der Waals surface area contributed by atoms with Gasteiger partial charge in [-0.3, -0.25) is 0 Å². The second-order valence-corrected chi connectivity index (χ2v) is 8.48. The van der Waals surface area contributed by atoms with E-state index in [-0.39, 0.29) is 11.7 Å². The lowest BCUT2D eigenvalue weighted by Gasteiger charge is -2.17. The van der Waals surface area contributed by atoms with Crippen molar-refractivity contribution >= 4 is 14.3 Å². The molecule has 0 saturated carbocycles. The Kier molecular flexibility index (Phi) is 2.95. The SMILES string of the molecule is C[Si](C)(C)OC(=O)c1cccc(O)c1. The predicted molar refractivity (Wildman–Crippen MR) is 56.9 cm³/mol. The molecule has 1 aromatic carbocycles. The van der Waals surface area contributed by atoms with E-state index in [1.54, 1.807) is 12.1 Å². The van der Waals surface area contributed by atoms with Gasteiger partial charge in [-0.25, -0.2) is 4.79 Å². The highest BCUT2D eigenvalue weighted by molar-refractivity contribution is 6.71. The molecular weight excluding hydrogens is 196 g/mol. The second-order valence-electron chi connectivity index (χ2n) is 4.05. The van der Waals surface area contributed by atoms with Crippen molar-refractivity contribution in [3.05, 3.63) is 29.8 Å². The first-order valence-corrected chi connectivity index (χ1v) is 7.82. The molecule has 0 aliphatic rings. The topological polar surface area (TPSA) is 46.5 Å². The first kappa shape index (κ1) is 10.8. The van der Waals surface area contributed by atoms with Gasteiger partial charge >= 0.3 is 5.97 Å². The Labute approximate surface area is 84.5 Å². The molecule has 0 radical (unpaired) electrons. The van der Waals surface area contributed by atoms with Gasteiger partial charge in [-0.1, -0.05) is 6.07 Å². The molecule has 0 aliphatic carbocycles. The van der Waals surface area contributed by atoms with Crippen LogP contribution in [-0.2, 0) is 4.43 Å². The average Bonchev–Trinajstić information content (AvgIpc) is 2.01. The average molecular weight is 210 g/mol. The molecule has 76 valence electrons. The first-order chi connectivity index (χ1) is 6.38. The summed E-state index contributed by atoms with van der Waals surface area (Å²) in [5.74, 6) is -0.282. The van der Waals surface area contributed by atoms with Gasteiger partial charge in [0, 0.05) is 0 Å². The fraction of sp³-hybridized carbons (Fsp3) is 0.300. The van der Waals surface area contributed by atoms with Crippen molar-refractivity contribution in [3.8, 4) is 5.75 Å². The van der Waals surface area contributed by atoms with Crippen molar-refractivity contribution in [2.75, 3.05) is 0 Å². The van der Waals surface area contributed by atoms with Crippen LogP contribution >= 0.6 is 0 Å². The molecule has 3 nitrogen and oxygen atoms in total. The Bertz CT molecular complexity index is 341. The van der Waals surface area contributed by atoms with E-state index in [0.717, 1.165) is 0 Å². The summed E-state index contributed by atoms with van der Waals surface area (Å²) in [6.45, 7) is 5.81. The van der Waals surface area contributed by atoms with Crippen molar-refractivity contribution < 1.29 is 14.3 Å². The number of hydrogen-bond donors (Lipinski definition) is 1. The Hall–Kier alpha value is -1.29. The maximum absolute atomic E-state index is 11.5. The van der Waals surface area contributed by atoms with Gasteiger partial charge < -0.3 is 9.53 Å². The van der Waals surface area contributed by atoms with Gasteiger partial charge in [0.2, 0.25) is 8.32 Å². The Morgan fingerprint density at radius 2 is 2.00 bits per heavy atom. The highest BCUT2D eigenvalue weighted by atomic mass is 28.4. The maximum atomic E-state index is 11.5. The fourth-order valence-electron chi connectivity index (χ4n) is 0.970. The number of aromatic hydroxyl groups is 1. The van der Waals surface area contributed by atoms with Crippen molar-refractivity contribution in [2.45, 2.75) is 19.6 Å². The van der Waals surface area contributed by atoms with E-state index in [0.29, 0.717) is 5.56 Å². The quantitative estimate of drug-likeness (QED) is 0.762. The molecule has 0 saturated heterocycles. The van der Waals surface area contributed by atoms with Crippen LogP contribution in [0.5, 0.6) is 5.75 Å². The number of benzene rings is 1. The number of rotatable bonds is 2. The molecule has 0 bridgehead atoms. The summed E-state index contributed by atoms with van der Waals surface area (Å²) in [4.78, 5) is 11.5. The van der Waals surface area contributed by atoms with E-state index in [9.17, 15) is 4.79 Å². The zero-order valence-corrected chi connectivity index (χ0v) is 9.57. The van der Waals surface area contributed by atoms with Crippen LogP contribution in [0.15, 0.2) is 24.3 Å². The van der Waals surface area contributed by atoms with Crippen LogP contribution in [0.1, 0.15) is 10.4 Å². The molecule has 1 aromatic rings. The standard InChI is InChI=1S/C10H14O3Si/c1-14(2,3)13-10(12)8-5-4-6-9(11)7-8/h4-7,11H,1-3H3. The number of carbonyl (C=O) groups is 1. The van der Waals surface area contributed by atoms with Gasteiger partial charge in [-0.05, 0) is 37.8 Å². The first-order valence-electron chi connectivity index (χ1n) is 4.41. The van der Waals surface area contributed by atoms with Gasteiger partial charge in [0.15, 0.2) is 0 Å². The van der Waals surface area contributed by atoms with E-state index in [4.69, 9.17) is 9.53 Å². The molecule has 14 heavy (non-hydrogen) atoms. The summed E-state index contributed by atoms with van der Waals surface area (Å²) in [5.41, 5.74) is 0.396. The minimum Gasteiger partial charge on any atom is -0.516 e. The van der Waals surface area contributed by atoms with Crippen LogP contribution in [0.2, 0.25) is 19.6 Å². The Morgan fingerprint density at radius 3 is 2.50 bits per heavy atom. The molecular formula is C10H14O3Si. The number of carbonyl (C=O) groups excluding carboxylic acids is 1. The largest absolute Gasteiger partial charge is 0.516 e. The number of phenols is 1. The lowest BCUT2D eigenvalue weighted by molar-refractivity contribution is 0.0724. The zero-order chi connectivity index (χ0) is 10.8. The molecule has 1 rings (SSSR count). The molecule has 4 heteroatoms. The monoisotopic (exact) mass is 210 g/mol. The molecule has 0 fully saturated rings. The lowest BCUT2D eigenvalue weighted by atomic mass is 10.2. The van der Waals surface area contributed by atoms with E-state index in [1.165, 1.54) is 12.1 Å². The molecule has 0 spiro atoms. The van der Waals surface area contributed by atoms with Gasteiger partial charge in [0.1, 0.15) is 5.75 Å². The zero-order valence-electron chi connectivity index (χ0n) is 8.57. The molecule has 0 amide bonds. The molecule has 0 heterocycles. The summed E-state index contributed by atoms with van der Waals surface area (Å²) in [6.07, 6.45) is 0. The van der Waals surface area contributed by atoms with Crippen molar-refractivity contribution in [3.63, 3.8) is 0 Å². The van der Waals surface area contributed by atoms with Crippen LogP contribution in [0.25, 0.3) is 0 Å². The second kappa shape index (κ2) is 3.83. The van der Waals surface area contributed by atoms with Gasteiger partial charge in [0.05, 0.1) is 5.56 Å². The van der Waals surface area contributed by atoms with Crippen LogP contribution in [0.3, 0.4) is 0 Å².